The summed E-state index contributed by atoms with van der Waals surface area (Å²) in [6.45, 7) is 0.0560. The van der Waals surface area contributed by atoms with Crippen LogP contribution < -0.4 is 20.9 Å². The van der Waals surface area contributed by atoms with Crippen LogP contribution in [0.1, 0.15) is 44.9 Å². The third kappa shape index (κ3) is 4.14. The fourth-order valence-electron chi connectivity index (χ4n) is 6.08. The first-order valence-corrected chi connectivity index (χ1v) is 10.8. The Bertz CT molecular complexity index is 755. The summed E-state index contributed by atoms with van der Waals surface area (Å²) < 4.78 is 5.49. The maximum Gasteiger partial charge on any atom is 0.257 e. The molecule has 3 N–H and O–H groups in total. The molecule has 4 aliphatic carbocycles. The lowest BCUT2D eigenvalue weighted by Gasteiger charge is -2.60. The van der Waals surface area contributed by atoms with Crippen molar-refractivity contribution in [3.63, 3.8) is 0 Å². The van der Waals surface area contributed by atoms with Gasteiger partial charge in [0.2, 0.25) is 5.91 Å². The average molecular weight is 450 g/mol. The van der Waals surface area contributed by atoms with E-state index in [-0.39, 0.29) is 28.1 Å². The van der Waals surface area contributed by atoms with Gasteiger partial charge in [-0.05, 0) is 67.9 Å². The molecule has 4 saturated carbocycles. The molecule has 0 aromatic heterocycles. The van der Waals surface area contributed by atoms with E-state index in [0.717, 1.165) is 36.8 Å². The molecule has 0 saturated heterocycles. The zero-order valence-corrected chi connectivity index (χ0v) is 17.8. The van der Waals surface area contributed by atoms with E-state index in [1.165, 1.54) is 19.3 Å². The number of hydrogen-bond acceptors (Lipinski definition) is 4. The van der Waals surface area contributed by atoms with Crippen LogP contribution in [0.25, 0.3) is 0 Å². The molecule has 5 rings (SSSR count). The van der Waals surface area contributed by atoms with E-state index in [9.17, 15) is 9.59 Å². The van der Waals surface area contributed by atoms with Crippen LogP contribution in [0.15, 0.2) is 24.3 Å². The first-order valence-electron chi connectivity index (χ1n) is 10.0. The maximum absolute atomic E-state index is 12.5. The number of halogens is 1. The van der Waals surface area contributed by atoms with Gasteiger partial charge in [0.15, 0.2) is 0 Å². The average Bonchev–Trinajstić information content (AvgIpc) is 2.62. The predicted octanol–water partition coefficient (Wildman–Crippen LogP) is 3.38. The van der Waals surface area contributed by atoms with Gasteiger partial charge in [0.25, 0.3) is 5.91 Å². The van der Waals surface area contributed by atoms with Crippen LogP contribution in [-0.2, 0) is 9.59 Å². The standard InChI is InChI=1S/C21H28BrN3O3/c1-28-17-5-3-2-4-16(17)23-12-19(27)25-24-18(26)11-20-7-14-6-15(8-20)10-21(22,9-14)13-20/h2-5,14-15,23H,6-13H2,1H3,(H,24,26)(H,25,27). The number of carbonyl (C=O) groups is 2. The van der Waals surface area contributed by atoms with Crippen molar-refractivity contribution >= 4 is 33.4 Å². The van der Waals surface area contributed by atoms with E-state index in [4.69, 9.17) is 4.74 Å². The Kier molecular flexibility index (Phi) is 5.29. The van der Waals surface area contributed by atoms with Crippen LogP contribution in [0.4, 0.5) is 5.69 Å². The summed E-state index contributed by atoms with van der Waals surface area (Å²) in [5, 5.41) is 3.02. The molecule has 152 valence electrons. The number of alkyl halides is 1. The zero-order chi connectivity index (χ0) is 19.8. The highest BCUT2D eigenvalue weighted by Crippen LogP contribution is 2.65. The van der Waals surface area contributed by atoms with Crippen molar-refractivity contribution in [2.45, 2.75) is 49.3 Å². The summed E-state index contributed by atoms with van der Waals surface area (Å²) in [5.41, 5.74) is 5.97. The lowest BCUT2D eigenvalue weighted by Crippen LogP contribution is -2.55. The van der Waals surface area contributed by atoms with Gasteiger partial charge in [0.1, 0.15) is 5.75 Å². The van der Waals surface area contributed by atoms with E-state index in [1.54, 1.807) is 7.11 Å². The lowest BCUT2D eigenvalue weighted by atomic mass is 9.48. The molecule has 2 unspecified atom stereocenters. The molecule has 1 aromatic carbocycles. The third-order valence-corrected chi connectivity index (χ3v) is 7.46. The van der Waals surface area contributed by atoms with Crippen LogP contribution in [0.3, 0.4) is 0 Å². The Hall–Kier alpha value is -1.76. The molecule has 0 heterocycles. The largest absolute Gasteiger partial charge is 0.495 e. The molecule has 0 spiro atoms. The summed E-state index contributed by atoms with van der Waals surface area (Å²) in [6.07, 6.45) is 7.68. The van der Waals surface area contributed by atoms with Crippen LogP contribution in [0, 0.1) is 17.3 Å². The lowest BCUT2D eigenvalue weighted by molar-refractivity contribution is -0.132. The first-order chi connectivity index (χ1) is 13.4. The summed E-state index contributed by atoms with van der Waals surface area (Å²) in [5.74, 6) is 1.77. The molecule has 4 bridgehead atoms. The fraction of sp³-hybridized carbons (Fsp3) is 0.619. The number of ether oxygens (including phenoxy) is 1. The number of nitrogens with one attached hydrogen (secondary N) is 3. The number of carbonyl (C=O) groups excluding carboxylic acids is 2. The zero-order valence-electron chi connectivity index (χ0n) is 16.2. The normalized spacial score (nSPS) is 32.6. The van der Waals surface area contributed by atoms with Gasteiger partial charge in [-0.25, -0.2) is 0 Å². The molecule has 0 aliphatic heterocycles. The predicted molar refractivity (Wildman–Crippen MR) is 111 cm³/mol. The maximum atomic E-state index is 12.5. The smallest absolute Gasteiger partial charge is 0.257 e. The number of para-hydroxylation sites is 2. The molecule has 4 aliphatic rings. The minimum atomic E-state index is -0.290. The molecule has 28 heavy (non-hydrogen) atoms. The van der Waals surface area contributed by atoms with E-state index in [1.807, 2.05) is 24.3 Å². The van der Waals surface area contributed by atoms with Crippen molar-refractivity contribution in [2.75, 3.05) is 19.0 Å². The number of rotatable bonds is 6. The van der Waals surface area contributed by atoms with E-state index in [0.29, 0.717) is 12.2 Å². The van der Waals surface area contributed by atoms with Crippen molar-refractivity contribution < 1.29 is 14.3 Å². The van der Waals surface area contributed by atoms with E-state index < -0.39 is 0 Å². The topological polar surface area (TPSA) is 79.5 Å². The molecular weight excluding hydrogens is 422 g/mol. The Morgan fingerprint density at radius 1 is 1.11 bits per heavy atom. The van der Waals surface area contributed by atoms with Crippen molar-refractivity contribution in [1.29, 1.82) is 0 Å². The van der Waals surface area contributed by atoms with Crippen molar-refractivity contribution in [2.24, 2.45) is 17.3 Å². The number of methoxy groups -OCH3 is 1. The Morgan fingerprint density at radius 2 is 1.79 bits per heavy atom. The molecule has 7 heteroatoms. The number of hydrogen-bond donors (Lipinski definition) is 3. The van der Waals surface area contributed by atoms with Gasteiger partial charge in [-0.15, -0.1) is 0 Å². The Labute approximate surface area is 174 Å². The van der Waals surface area contributed by atoms with Gasteiger partial charge in [0, 0.05) is 10.7 Å². The fourth-order valence-corrected chi connectivity index (χ4v) is 7.59. The second kappa shape index (κ2) is 7.58. The molecule has 4 fully saturated rings. The SMILES string of the molecule is COc1ccccc1NCC(=O)NNC(=O)CC12CC3CC(CC(Br)(C3)C1)C2. The van der Waals surface area contributed by atoms with E-state index >= 15 is 0 Å². The highest BCUT2D eigenvalue weighted by atomic mass is 79.9. The summed E-state index contributed by atoms with van der Waals surface area (Å²) in [7, 11) is 1.59. The third-order valence-electron chi connectivity index (χ3n) is 6.53. The van der Waals surface area contributed by atoms with Gasteiger partial charge in [-0.1, -0.05) is 28.1 Å². The first kappa shape index (κ1) is 19.6. The van der Waals surface area contributed by atoms with Crippen molar-refractivity contribution in [3.05, 3.63) is 24.3 Å². The van der Waals surface area contributed by atoms with E-state index in [2.05, 4.69) is 32.1 Å². The van der Waals surface area contributed by atoms with Gasteiger partial charge in [0.05, 0.1) is 19.3 Å². The minimum Gasteiger partial charge on any atom is -0.495 e. The molecular formula is C21H28BrN3O3. The van der Waals surface area contributed by atoms with Crippen LogP contribution in [0.5, 0.6) is 5.75 Å². The quantitative estimate of drug-likeness (QED) is 0.459. The molecule has 0 radical (unpaired) electrons. The van der Waals surface area contributed by atoms with Crippen molar-refractivity contribution in [1.82, 2.24) is 10.9 Å². The van der Waals surface area contributed by atoms with Crippen LogP contribution >= 0.6 is 15.9 Å². The molecule has 2 atom stereocenters. The number of benzene rings is 1. The van der Waals surface area contributed by atoms with Gasteiger partial charge >= 0.3 is 0 Å². The second-order valence-corrected chi connectivity index (χ2v) is 10.6. The highest BCUT2D eigenvalue weighted by Gasteiger charge is 2.57. The van der Waals surface area contributed by atoms with Gasteiger partial charge < -0.3 is 10.1 Å². The molecule has 1 aromatic rings. The van der Waals surface area contributed by atoms with Gasteiger partial charge in [-0.3, -0.25) is 20.4 Å². The highest BCUT2D eigenvalue weighted by molar-refractivity contribution is 9.10. The second-order valence-electron chi connectivity index (χ2n) is 8.94. The summed E-state index contributed by atoms with van der Waals surface area (Å²) >= 11 is 3.98. The Balaban J connectivity index is 1.25. The van der Waals surface area contributed by atoms with Crippen LogP contribution in [-0.4, -0.2) is 29.8 Å². The molecule has 2 amide bonds. The summed E-state index contributed by atoms with van der Waals surface area (Å²) in [6, 6.07) is 7.40. The summed E-state index contributed by atoms with van der Waals surface area (Å²) in [4.78, 5) is 24.6. The van der Waals surface area contributed by atoms with Crippen LogP contribution in [0.2, 0.25) is 0 Å². The number of hydrazine groups is 1. The molecule has 6 nitrogen and oxygen atoms in total. The number of amides is 2. The van der Waals surface area contributed by atoms with Crippen molar-refractivity contribution in [3.8, 4) is 5.75 Å². The number of anilines is 1. The minimum absolute atomic E-state index is 0.0560. The Morgan fingerprint density at radius 3 is 2.46 bits per heavy atom. The monoisotopic (exact) mass is 449 g/mol. The van der Waals surface area contributed by atoms with Gasteiger partial charge in [-0.2, -0.15) is 0 Å².